The number of fused-ring (bicyclic) bond motifs is 1. The molecule has 0 saturated carbocycles. The maximum Gasteiger partial charge on any atom is 0.134 e. The Morgan fingerprint density at radius 1 is 1.19 bits per heavy atom. The van der Waals surface area contributed by atoms with E-state index in [1.165, 1.54) is 11.3 Å². The molecule has 0 radical (unpaired) electrons. The summed E-state index contributed by atoms with van der Waals surface area (Å²) in [5, 5.41) is 0.731. The van der Waals surface area contributed by atoms with Crippen molar-refractivity contribution in [2.45, 2.75) is 6.42 Å². The van der Waals surface area contributed by atoms with Gasteiger partial charge in [0.05, 0.1) is 0 Å². The predicted octanol–water partition coefficient (Wildman–Crippen LogP) is 3.43. The topological polar surface area (TPSA) is 16.1 Å². The average Bonchev–Trinajstić information content (AvgIpc) is 2.72. The molecule has 0 aliphatic carbocycles. The van der Waals surface area contributed by atoms with E-state index in [1.54, 1.807) is 12.3 Å². The molecule has 3 rings (SSSR count). The Bertz CT molecular complexity index is 525. The maximum absolute atomic E-state index is 5.98. The normalized spacial score (nSPS) is 13.9. The zero-order valence-electron chi connectivity index (χ0n) is 8.73. The van der Waals surface area contributed by atoms with Crippen LogP contribution < -0.4 is 4.90 Å². The third kappa shape index (κ3) is 1.55. The second-order valence-corrected chi connectivity index (χ2v) is 4.30. The van der Waals surface area contributed by atoms with Crippen LogP contribution in [0.4, 0.5) is 11.5 Å². The number of pyridine rings is 1. The summed E-state index contributed by atoms with van der Waals surface area (Å²) in [7, 11) is 0. The van der Waals surface area contributed by atoms with E-state index in [0.717, 1.165) is 23.8 Å². The molecule has 3 heteroatoms. The van der Waals surface area contributed by atoms with Gasteiger partial charge < -0.3 is 4.90 Å². The van der Waals surface area contributed by atoms with Gasteiger partial charge in [0.15, 0.2) is 0 Å². The van der Waals surface area contributed by atoms with Crippen molar-refractivity contribution in [2.24, 2.45) is 0 Å². The van der Waals surface area contributed by atoms with Gasteiger partial charge >= 0.3 is 0 Å². The molecule has 0 unspecified atom stereocenters. The Kier molecular flexibility index (Phi) is 2.29. The van der Waals surface area contributed by atoms with Gasteiger partial charge in [-0.25, -0.2) is 4.98 Å². The van der Waals surface area contributed by atoms with Crippen LogP contribution in [0.3, 0.4) is 0 Å². The molecule has 0 saturated heterocycles. The lowest BCUT2D eigenvalue weighted by Gasteiger charge is -2.18. The zero-order chi connectivity index (χ0) is 11.0. The minimum atomic E-state index is 0.731. The lowest BCUT2D eigenvalue weighted by Crippen LogP contribution is -2.14. The Hall–Kier alpha value is -1.54. The number of hydrogen-bond acceptors (Lipinski definition) is 2. The van der Waals surface area contributed by atoms with Gasteiger partial charge in [0.2, 0.25) is 0 Å². The molecule has 1 aliphatic rings. The summed E-state index contributed by atoms with van der Waals surface area (Å²) in [6.45, 7) is 0.979. The molecule has 0 spiro atoms. The number of nitrogens with zero attached hydrogens (tertiary/aromatic N) is 2. The number of anilines is 2. The standard InChI is InChI=1S/C13H11ClN2/c14-11-5-7-15-13(9-11)16-8-6-10-3-1-2-4-12(10)16/h1-5,7,9H,6,8H2. The number of aromatic nitrogens is 1. The molecule has 0 amide bonds. The summed E-state index contributed by atoms with van der Waals surface area (Å²) in [5.74, 6) is 0.928. The third-order valence-corrected chi connectivity index (χ3v) is 3.11. The second-order valence-electron chi connectivity index (χ2n) is 3.86. The monoisotopic (exact) mass is 230 g/mol. The van der Waals surface area contributed by atoms with Crippen molar-refractivity contribution in [2.75, 3.05) is 11.4 Å². The number of para-hydroxylation sites is 1. The van der Waals surface area contributed by atoms with Gasteiger partial charge in [0, 0.05) is 23.5 Å². The molecule has 16 heavy (non-hydrogen) atoms. The highest BCUT2D eigenvalue weighted by Gasteiger charge is 2.20. The van der Waals surface area contributed by atoms with Crippen LogP contribution in [0.15, 0.2) is 42.6 Å². The highest BCUT2D eigenvalue weighted by Crippen LogP contribution is 2.33. The Balaban J connectivity index is 2.05. The van der Waals surface area contributed by atoms with Gasteiger partial charge in [-0.15, -0.1) is 0 Å². The number of benzene rings is 1. The van der Waals surface area contributed by atoms with Crippen LogP contribution in [-0.2, 0) is 6.42 Å². The van der Waals surface area contributed by atoms with E-state index in [2.05, 4.69) is 34.1 Å². The smallest absolute Gasteiger partial charge is 0.134 e. The van der Waals surface area contributed by atoms with Crippen LogP contribution in [0.2, 0.25) is 5.02 Å². The summed E-state index contributed by atoms with van der Waals surface area (Å²) in [4.78, 5) is 6.57. The van der Waals surface area contributed by atoms with Crippen LogP contribution in [-0.4, -0.2) is 11.5 Å². The molecule has 0 atom stereocenters. The van der Waals surface area contributed by atoms with Crippen molar-refractivity contribution < 1.29 is 0 Å². The van der Waals surface area contributed by atoms with E-state index in [0.29, 0.717) is 0 Å². The average molecular weight is 231 g/mol. The minimum Gasteiger partial charge on any atom is -0.326 e. The molecule has 1 aliphatic heterocycles. The maximum atomic E-state index is 5.98. The largest absolute Gasteiger partial charge is 0.326 e. The molecule has 0 fully saturated rings. The number of halogens is 1. The quantitative estimate of drug-likeness (QED) is 0.746. The fraction of sp³-hybridized carbons (Fsp3) is 0.154. The van der Waals surface area contributed by atoms with Crippen LogP contribution in [0.25, 0.3) is 0 Å². The zero-order valence-corrected chi connectivity index (χ0v) is 9.48. The second kappa shape index (κ2) is 3.80. The fourth-order valence-electron chi connectivity index (χ4n) is 2.12. The van der Waals surface area contributed by atoms with Crippen molar-refractivity contribution in [3.05, 3.63) is 53.2 Å². The van der Waals surface area contributed by atoms with E-state index in [1.807, 2.05) is 6.07 Å². The number of hydrogen-bond donors (Lipinski definition) is 0. The first-order valence-corrected chi connectivity index (χ1v) is 5.69. The van der Waals surface area contributed by atoms with Crippen molar-refractivity contribution in [1.29, 1.82) is 0 Å². The van der Waals surface area contributed by atoms with Gasteiger partial charge in [-0.05, 0) is 30.2 Å². The SMILES string of the molecule is Clc1ccnc(N2CCc3ccccc32)c1. The third-order valence-electron chi connectivity index (χ3n) is 2.87. The molecule has 0 N–H and O–H groups in total. The van der Waals surface area contributed by atoms with Gasteiger partial charge in [-0.3, -0.25) is 0 Å². The van der Waals surface area contributed by atoms with Gasteiger partial charge in [0.1, 0.15) is 5.82 Å². The van der Waals surface area contributed by atoms with Crippen LogP contribution in [0, 0.1) is 0 Å². The van der Waals surface area contributed by atoms with Crippen molar-refractivity contribution in [3.8, 4) is 0 Å². The van der Waals surface area contributed by atoms with E-state index in [-0.39, 0.29) is 0 Å². The Morgan fingerprint density at radius 2 is 2.06 bits per heavy atom. The van der Waals surface area contributed by atoms with Crippen molar-refractivity contribution >= 4 is 23.1 Å². The molecule has 0 bridgehead atoms. The van der Waals surface area contributed by atoms with E-state index < -0.39 is 0 Å². The first-order valence-electron chi connectivity index (χ1n) is 5.31. The van der Waals surface area contributed by atoms with Crippen molar-refractivity contribution in [1.82, 2.24) is 4.98 Å². The Morgan fingerprint density at radius 3 is 2.94 bits per heavy atom. The van der Waals surface area contributed by atoms with E-state index >= 15 is 0 Å². The summed E-state index contributed by atoms with van der Waals surface area (Å²) in [5.41, 5.74) is 2.63. The molecule has 80 valence electrons. The molecule has 2 nitrogen and oxygen atoms in total. The molecule has 1 aromatic heterocycles. The summed E-state index contributed by atoms with van der Waals surface area (Å²) in [6.07, 6.45) is 2.82. The lowest BCUT2D eigenvalue weighted by atomic mass is 10.2. The summed E-state index contributed by atoms with van der Waals surface area (Å²) in [6, 6.07) is 12.1. The number of rotatable bonds is 1. The highest BCUT2D eigenvalue weighted by molar-refractivity contribution is 6.30. The molecule has 1 aromatic carbocycles. The summed E-state index contributed by atoms with van der Waals surface area (Å²) < 4.78 is 0. The predicted molar refractivity (Wildman–Crippen MR) is 66.4 cm³/mol. The first kappa shape index (κ1) is 9.67. The fourth-order valence-corrected chi connectivity index (χ4v) is 2.27. The lowest BCUT2D eigenvalue weighted by molar-refractivity contribution is 0.974. The first-order chi connectivity index (χ1) is 7.84. The van der Waals surface area contributed by atoms with Gasteiger partial charge in [0.25, 0.3) is 0 Å². The Labute approximate surface area is 99.5 Å². The van der Waals surface area contributed by atoms with Crippen LogP contribution in [0.5, 0.6) is 0 Å². The molecular formula is C13H11ClN2. The van der Waals surface area contributed by atoms with Crippen LogP contribution >= 0.6 is 11.6 Å². The highest BCUT2D eigenvalue weighted by atomic mass is 35.5. The summed E-state index contributed by atoms with van der Waals surface area (Å²) >= 11 is 5.98. The molecular weight excluding hydrogens is 220 g/mol. The van der Waals surface area contributed by atoms with Gasteiger partial charge in [-0.2, -0.15) is 0 Å². The van der Waals surface area contributed by atoms with E-state index in [4.69, 9.17) is 11.6 Å². The molecule has 2 heterocycles. The van der Waals surface area contributed by atoms with Crippen LogP contribution in [0.1, 0.15) is 5.56 Å². The van der Waals surface area contributed by atoms with Gasteiger partial charge in [-0.1, -0.05) is 29.8 Å². The van der Waals surface area contributed by atoms with E-state index in [9.17, 15) is 0 Å². The minimum absolute atomic E-state index is 0.731. The van der Waals surface area contributed by atoms with Crippen molar-refractivity contribution in [3.63, 3.8) is 0 Å². The molecule has 2 aromatic rings.